The molecule has 4 saturated carbocycles. The third-order valence-electron chi connectivity index (χ3n) is 6.80. The lowest BCUT2D eigenvalue weighted by Crippen LogP contribution is -2.50. The molecule has 4 fully saturated rings. The number of fused-ring (bicyclic) bond motifs is 1. The van der Waals surface area contributed by atoms with E-state index in [2.05, 4.69) is 11.6 Å². The van der Waals surface area contributed by atoms with E-state index < -0.39 is 0 Å². The molecule has 0 atom stereocenters. The van der Waals surface area contributed by atoms with Crippen molar-refractivity contribution in [1.82, 2.24) is 9.36 Å². The third-order valence-corrected chi connectivity index (χ3v) is 6.80. The van der Waals surface area contributed by atoms with Gasteiger partial charge in [0.2, 0.25) is 0 Å². The van der Waals surface area contributed by atoms with Crippen molar-refractivity contribution in [1.29, 1.82) is 0 Å². The molecule has 20 heavy (non-hydrogen) atoms. The summed E-state index contributed by atoms with van der Waals surface area (Å²) >= 11 is 0. The van der Waals surface area contributed by atoms with Crippen LogP contribution in [0.5, 0.6) is 0 Å². The van der Waals surface area contributed by atoms with E-state index in [9.17, 15) is 4.79 Å². The fourth-order valence-electron chi connectivity index (χ4n) is 6.61. The largest absolute Gasteiger partial charge is 0.287 e. The van der Waals surface area contributed by atoms with E-state index in [1.165, 1.54) is 49.8 Å². The molecule has 1 aromatic rings. The standard InChI is InChI=1S/C17H24N2O/c1-11-15(16(20)19-4-2-3-18(11)19)17-8-12-5-13(9-17)7-14(6-12)10-17/h12-14H,2-10H2,1H3. The van der Waals surface area contributed by atoms with Gasteiger partial charge < -0.3 is 0 Å². The Kier molecular flexibility index (Phi) is 2.10. The number of rotatable bonds is 1. The summed E-state index contributed by atoms with van der Waals surface area (Å²) in [4.78, 5) is 12.9. The Hall–Kier alpha value is -0.990. The molecule has 0 aromatic carbocycles. The molecule has 0 spiro atoms. The second kappa shape index (κ2) is 3.61. The molecule has 0 unspecified atom stereocenters. The number of hydrogen-bond acceptors (Lipinski definition) is 1. The zero-order valence-electron chi connectivity index (χ0n) is 12.4. The second-order valence-corrected chi connectivity index (χ2v) is 8.06. The van der Waals surface area contributed by atoms with Crippen molar-refractivity contribution in [2.45, 2.75) is 70.4 Å². The maximum absolute atomic E-state index is 12.9. The minimum absolute atomic E-state index is 0.264. The normalized spacial score (nSPS) is 41.4. The molecule has 1 aliphatic heterocycles. The minimum atomic E-state index is 0.264. The van der Waals surface area contributed by atoms with E-state index >= 15 is 0 Å². The topological polar surface area (TPSA) is 26.9 Å². The van der Waals surface area contributed by atoms with Crippen molar-refractivity contribution in [2.24, 2.45) is 17.8 Å². The summed E-state index contributed by atoms with van der Waals surface area (Å²) in [5, 5.41) is 0. The summed E-state index contributed by atoms with van der Waals surface area (Å²) in [7, 11) is 0. The maximum Gasteiger partial charge on any atom is 0.270 e. The molecule has 0 N–H and O–H groups in total. The smallest absolute Gasteiger partial charge is 0.270 e. The Morgan fingerprint density at radius 2 is 1.50 bits per heavy atom. The van der Waals surface area contributed by atoms with Gasteiger partial charge in [0, 0.05) is 29.8 Å². The Labute approximate surface area is 119 Å². The van der Waals surface area contributed by atoms with Crippen LogP contribution in [0.2, 0.25) is 0 Å². The van der Waals surface area contributed by atoms with Crippen LogP contribution < -0.4 is 5.56 Å². The highest BCUT2D eigenvalue weighted by Crippen LogP contribution is 2.60. The zero-order chi connectivity index (χ0) is 13.5. The number of hydrogen-bond donors (Lipinski definition) is 0. The molecule has 1 aromatic heterocycles. The maximum atomic E-state index is 12.9. The molecule has 4 aliphatic carbocycles. The highest BCUT2D eigenvalue weighted by Gasteiger charge is 2.53. The molecule has 5 aliphatic rings. The first-order valence-electron chi connectivity index (χ1n) is 8.47. The van der Waals surface area contributed by atoms with Crippen molar-refractivity contribution in [2.75, 3.05) is 0 Å². The lowest BCUT2D eigenvalue weighted by atomic mass is 9.48. The second-order valence-electron chi connectivity index (χ2n) is 8.06. The summed E-state index contributed by atoms with van der Waals surface area (Å²) in [5.41, 5.74) is 3.16. The molecule has 108 valence electrons. The lowest BCUT2D eigenvalue weighted by molar-refractivity contribution is -0.00605. The van der Waals surface area contributed by atoms with Crippen molar-refractivity contribution in [3.63, 3.8) is 0 Å². The molecule has 2 heterocycles. The average molecular weight is 272 g/mol. The fraction of sp³-hybridized carbons (Fsp3) is 0.824. The highest BCUT2D eigenvalue weighted by atomic mass is 16.1. The van der Waals surface area contributed by atoms with E-state index in [-0.39, 0.29) is 5.41 Å². The van der Waals surface area contributed by atoms with Gasteiger partial charge >= 0.3 is 0 Å². The van der Waals surface area contributed by atoms with Gasteiger partial charge in [0.25, 0.3) is 5.56 Å². The van der Waals surface area contributed by atoms with Crippen LogP contribution >= 0.6 is 0 Å². The molecule has 4 bridgehead atoms. The van der Waals surface area contributed by atoms with Crippen molar-refractivity contribution < 1.29 is 0 Å². The number of aromatic nitrogens is 2. The van der Waals surface area contributed by atoms with Crippen LogP contribution in [0, 0.1) is 24.7 Å². The first-order chi connectivity index (χ1) is 9.66. The van der Waals surface area contributed by atoms with Crippen molar-refractivity contribution >= 4 is 0 Å². The SMILES string of the molecule is Cc1c(C23CC4CC(CC(C4)C2)C3)c(=O)n2n1CCC2. The highest BCUT2D eigenvalue weighted by molar-refractivity contribution is 5.32. The molecule has 0 amide bonds. The fourth-order valence-corrected chi connectivity index (χ4v) is 6.61. The van der Waals surface area contributed by atoms with Gasteiger partial charge in [-0.1, -0.05) is 0 Å². The van der Waals surface area contributed by atoms with Gasteiger partial charge in [0.05, 0.1) is 0 Å². The average Bonchev–Trinajstić information content (AvgIpc) is 2.92. The zero-order valence-corrected chi connectivity index (χ0v) is 12.4. The van der Waals surface area contributed by atoms with E-state index in [0.717, 1.165) is 37.3 Å². The van der Waals surface area contributed by atoms with Crippen LogP contribution in [0.15, 0.2) is 4.79 Å². The van der Waals surface area contributed by atoms with E-state index in [1.807, 2.05) is 4.68 Å². The Balaban J connectivity index is 1.69. The molecular formula is C17H24N2O. The van der Waals surface area contributed by atoms with Crippen LogP contribution in [0.3, 0.4) is 0 Å². The molecule has 3 nitrogen and oxygen atoms in total. The van der Waals surface area contributed by atoms with Gasteiger partial charge in [0.1, 0.15) is 0 Å². The van der Waals surface area contributed by atoms with Gasteiger partial charge in [-0.25, -0.2) is 0 Å². The van der Waals surface area contributed by atoms with Crippen LogP contribution in [-0.2, 0) is 18.5 Å². The van der Waals surface area contributed by atoms with Crippen molar-refractivity contribution in [3.05, 3.63) is 21.6 Å². The van der Waals surface area contributed by atoms with E-state index in [1.54, 1.807) is 0 Å². The quantitative estimate of drug-likeness (QED) is 0.772. The molecule has 3 heteroatoms. The summed E-state index contributed by atoms with van der Waals surface area (Å²) in [5.74, 6) is 2.75. The van der Waals surface area contributed by atoms with Gasteiger partial charge in [-0.2, -0.15) is 0 Å². The van der Waals surface area contributed by atoms with Gasteiger partial charge in [-0.3, -0.25) is 14.2 Å². The summed E-state index contributed by atoms with van der Waals surface area (Å²) in [6.07, 6.45) is 9.40. The van der Waals surface area contributed by atoms with Gasteiger partial charge in [-0.05, 0) is 69.6 Å². The van der Waals surface area contributed by atoms with Crippen molar-refractivity contribution in [3.8, 4) is 0 Å². The Morgan fingerprint density at radius 3 is 2.05 bits per heavy atom. The van der Waals surface area contributed by atoms with E-state index in [4.69, 9.17) is 0 Å². The summed E-state index contributed by atoms with van der Waals surface area (Å²) in [6.45, 7) is 4.19. The van der Waals surface area contributed by atoms with E-state index in [0.29, 0.717) is 5.56 Å². The van der Waals surface area contributed by atoms with Crippen LogP contribution in [-0.4, -0.2) is 9.36 Å². The van der Waals surface area contributed by atoms with Gasteiger partial charge in [0.15, 0.2) is 0 Å². The summed E-state index contributed by atoms with van der Waals surface area (Å²) < 4.78 is 4.31. The summed E-state index contributed by atoms with van der Waals surface area (Å²) in [6, 6.07) is 0. The predicted octanol–water partition coefficient (Wildman–Crippen LogP) is 2.83. The monoisotopic (exact) mass is 272 g/mol. The first kappa shape index (κ1) is 11.6. The molecular weight excluding hydrogens is 248 g/mol. The molecule has 0 radical (unpaired) electrons. The van der Waals surface area contributed by atoms with Gasteiger partial charge in [-0.15, -0.1) is 0 Å². The molecule has 6 rings (SSSR count). The molecule has 0 saturated heterocycles. The Bertz CT molecular complexity index is 601. The minimum Gasteiger partial charge on any atom is -0.287 e. The Morgan fingerprint density at radius 1 is 0.950 bits per heavy atom. The van der Waals surface area contributed by atoms with Crippen LogP contribution in [0.4, 0.5) is 0 Å². The van der Waals surface area contributed by atoms with Crippen LogP contribution in [0.1, 0.15) is 56.2 Å². The van der Waals surface area contributed by atoms with Crippen LogP contribution in [0.25, 0.3) is 0 Å². The number of nitrogens with zero attached hydrogens (tertiary/aromatic N) is 2. The predicted molar refractivity (Wildman–Crippen MR) is 77.9 cm³/mol. The lowest BCUT2D eigenvalue weighted by Gasteiger charge is -2.56. The first-order valence-corrected chi connectivity index (χ1v) is 8.47. The third kappa shape index (κ3) is 1.30.